The van der Waals surface area contributed by atoms with Crippen molar-refractivity contribution in [2.24, 2.45) is 5.73 Å². The Hall–Kier alpha value is -1.68. The van der Waals surface area contributed by atoms with Gasteiger partial charge in [-0.05, 0) is 19.1 Å². The molecular formula is C10H11N3O. The van der Waals surface area contributed by atoms with E-state index in [0.717, 1.165) is 5.69 Å². The van der Waals surface area contributed by atoms with Crippen LogP contribution in [0.4, 0.5) is 0 Å². The number of nitrogens with two attached hydrogens (primary N) is 1. The lowest BCUT2D eigenvalue weighted by Gasteiger charge is -2.04. The molecule has 14 heavy (non-hydrogen) atoms. The van der Waals surface area contributed by atoms with Gasteiger partial charge < -0.3 is 5.73 Å². The molecule has 0 spiro atoms. The fourth-order valence-corrected chi connectivity index (χ4v) is 1.47. The van der Waals surface area contributed by atoms with E-state index in [1.54, 1.807) is 10.5 Å². The Labute approximate surface area is 81.0 Å². The van der Waals surface area contributed by atoms with Crippen molar-refractivity contribution in [2.45, 2.75) is 13.5 Å². The quantitative estimate of drug-likeness (QED) is 0.709. The van der Waals surface area contributed by atoms with Crippen LogP contribution in [-0.4, -0.2) is 9.38 Å². The van der Waals surface area contributed by atoms with Gasteiger partial charge in [-0.1, -0.05) is 6.07 Å². The van der Waals surface area contributed by atoms with Gasteiger partial charge in [-0.2, -0.15) is 0 Å². The summed E-state index contributed by atoms with van der Waals surface area (Å²) in [5.74, 6) is 0. The number of fused-ring (bicyclic) bond motifs is 1. The number of aromatic nitrogens is 2. The number of rotatable bonds is 1. The van der Waals surface area contributed by atoms with Crippen LogP contribution in [-0.2, 0) is 6.54 Å². The molecule has 2 aromatic heterocycles. The van der Waals surface area contributed by atoms with Crippen molar-refractivity contribution in [3.63, 3.8) is 0 Å². The highest BCUT2D eigenvalue weighted by atomic mass is 16.1. The summed E-state index contributed by atoms with van der Waals surface area (Å²) >= 11 is 0. The molecule has 0 radical (unpaired) electrons. The fraction of sp³-hybridized carbons (Fsp3) is 0.200. The average molecular weight is 189 g/mol. The predicted molar refractivity (Wildman–Crippen MR) is 54.1 cm³/mol. The molecule has 2 aromatic rings. The summed E-state index contributed by atoms with van der Waals surface area (Å²) in [4.78, 5) is 15.9. The first-order chi connectivity index (χ1) is 6.72. The highest BCUT2D eigenvalue weighted by molar-refractivity contribution is 5.40. The molecule has 0 fully saturated rings. The summed E-state index contributed by atoms with van der Waals surface area (Å²) in [7, 11) is 0. The number of nitrogens with zero attached hydrogens (tertiary/aromatic N) is 2. The van der Waals surface area contributed by atoms with Gasteiger partial charge in [-0.25, -0.2) is 4.98 Å². The van der Waals surface area contributed by atoms with Crippen LogP contribution in [0.1, 0.15) is 11.4 Å². The molecule has 4 heteroatoms. The highest BCUT2D eigenvalue weighted by Crippen LogP contribution is 2.02. The Morgan fingerprint density at radius 2 is 2.29 bits per heavy atom. The maximum atomic E-state index is 11.6. The van der Waals surface area contributed by atoms with Gasteiger partial charge in [0, 0.05) is 18.3 Å². The summed E-state index contributed by atoms with van der Waals surface area (Å²) in [5, 5.41) is 0. The van der Waals surface area contributed by atoms with Crippen molar-refractivity contribution in [3.8, 4) is 0 Å². The second-order valence-electron chi connectivity index (χ2n) is 3.15. The molecule has 0 unspecified atom stereocenters. The molecule has 2 rings (SSSR count). The Kier molecular flexibility index (Phi) is 2.05. The number of aryl methyl sites for hydroxylation is 1. The van der Waals surface area contributed by atoms with Gasteiger partial charge in [-0.3, -0.25) is 9.20 Å². The van der Waals surface area contributed by atoms with Gasteiger partial charge in [0.15, 0.2) is 0 Å². The largest absolute Gasteiger partial charge is 0.325 e. The molecule has 0 bridgehead atoms. The summed E-state index contributed by atoms with van der Waals surface area (Å²) < 4.78 is 1.57. The normalized spacial score (nSPS) is 10.7. The first kappa shape index (κ1) is 8.90. The summed E-state index contributed by atoms with van der Waals surface area (Å²) in [5.41, 5.74) is 7.52. The van der Waals surface area contributed by atoms with Gasteiger partial charge in [0.1, 0.15) is 5.65 Å². The van der Waals surface area contributed by atoms with Crippen molar-refractivity contribution < 1.29 is 0 Å². The van der Waals surface area contributed by atoms with E-state index >= 15 is 0 Å². The zero-order valence-corrected chi connectivity index (χ0v) is 7.90. The minimum absolute atomic E-state index is 0.0754. The van der Waals surface area contributed by atoms with Gasteiger partial charge in [0.05, 0.1) is 5.69 Å². The van der Waals surface area contributed by atoms with Crippen LogP contribution in [0, 0.1) is 6.92 Å². The lowest BCUT2D eigenvalue weighted by molar-refractivity contribution is 0.923. The van der Waals surface area contributed by atoms with Crippen molar-refractivity contribution in [1.82, 2.24) is 9.38 Å². The van der Waals surface area contributed by atoms with E-state index in [2.05, 4.69) is 4.98 Å². The van der Waals surface area contributed by atoms with E-state index in [4.69, 9.17) is 5.73 Å². The van der Waals surface area contributed by atoms with Crippen LogP contribution in [0.5, 0.6) is 0 Å². The monoisotopic (exact) mass is 189 g/mol. The van der Waals surface area contributed by atoms with Gasteiger partial charge >= 0.3 is 0 Å². The van der Waals surface area contributed by atoms with Crippen LogP contribution in [0.3, 0.4) is 0 Å². The first-order valence-corrected chi connectivity index (χ1v) is 4.41. The number of hydrogen-bond acceptors (Lipinski definition) is 3. The van der Waals surface area contributed by atoms with Crippen LogP contribution >= 0.6 is 0 Å². The number of hydrogen-bond donors (Lipinski definition) is 1. The van der Waals surface area contributed by atoms with Crippen LogP contribution < -0.4 is 11.3 Å². The molecular weight excluding hydrogens is 178 g/mol. The van der Waals surface area contributed by atoms with E-state index in [1.165, 1.54) is 6.07 Å². The molecule has 2 N–H and O–H groups in total. The Balaban J connectivity index is 2.90. The smallest absolute Gasteiger partial charge is 0.258 e. The molecule has 2 heterocycles. The van der Waals surface area contributed by atoms with Crippen molar-refractivity contribution in [3.05, 3.63) is 46.0 Å². The SMILES string of the molecule is Cc1cccc2nc(CN)cc(=O)n12. The summed E-state index contributed by atoms with van der Waals surface area (Å²) in [6.07, 6.45) is 0. The maximum absolute atomic E-state index is 11.6. The molecule has 0 aliphatic carbocycles. The van der Waals surface area contributed by atoms with E-state index < -0.39 is 0 Å². The predicted octanol–water partition coefficient (Wildman–Crippen LogP) is 0.462. The van der Waals surface area contributed by atoms with Gasteiger partial charge in [0.25, 0.3) is 5.56 Å². The highest BCUT2D eigenvalue weighted by Gasteiger charge is 2.01. The third-order valence-corrected chi connectivity index (χ3v) is 2.14. The third kappa shape index (κ3) is 1.29. The second-order valence-corrected chi connectivity index (χ2v) is 3.15. The van der Waals surface area contributed by atoms with E-state index in [1.807, 2.05) is 19.1 Å². The minimum Gasteiger partial charge on any atom is -0.325 e. The van der Waals surface area contributed by atoms with E-state index in [9.17, 15) is 4.79 Å². The first-order valence-electron chi connectivity index (χ1n) is 4.41. The second kappa shape index (κ2) is 3.23. The zero-order chi connectivity index (χ0) is 10.1. The molecule has 72 valence electrons. The van der Waals surface area contributed by atoms with E-state index in [-0.39, 0.29) is 5.56 Å². The summed E-state index contributed by atoms with van der Waals surface area (Å²) in [6, 6.07) is 7.02. The topological polar surface area (TPSA) is 60.4 Å². The molecule has 0 aliphatic rings. The fourth-order valence-electron chi connectivity index (χ4n) is 1.47. The van der Waals surface area contributed by atoms with Crippen molar-refractivity contribution in [2.75, 3.05) is 0 Å². The third-order valence-electron chi connectivity index (χ3n) is 2.14. The molecule has 0 saturated carbocycles. The maximum Gasteiger partial charge on any atom is 0.258 e. The molecule has 0 aliphatic heterocycles. The molecule has 0 aromatic carbocycles. The van der Waals surface area contributed by atoms with Crippen molar-refractivity contribution >= 4 is 5.65 Å². The lowest BCUT2D eigenvalue weighted by Crippen LogP contribution is -2.18. The lowest BCUT2D eigenvalue weighted by atomic mass is 10.3. The Morgan fingerprint density at radius 3 is 3.00 bits per heavy atom. The zero-order valence-electron chi connectivity index (χ0n) is 7.90. The Morgan fingerprint density at radius 1 is 1.50 bits per heavy atom. The molecule has 0 saturated heterocycles. The molecule has 0 atom stereocenters. The summed E-state index contributed by atoms with van der Waals surface area (Å²) in [6.45, 7) is 2.16. The van der Waals surface area contributed by atoms with Crippen molar-refractivity contribution in [1.29, 1.82) is 0 Å². The molecule has 4 nitrogen and oxygen atoms in total. The number of pyridine rings is 1. The van der Waals surface area contributed by atoms with Gasteiger partial charge in [0.2, 0.25) is 0 Å². The van der Waals surface area contributed by atoms with Crippen LogP contribution in [0.25, 0.3) is 5.65 Å². The molecule has 0 amide bonds. The standard InChI is InChI=1S/C10H11N3O/c1-7-3-2-4-9-12-8(6-11)5-10(14)13(7)9/h2-5H,6,11H2,1H3. The van der Waals surface area contributed by atoms with Crippen LogP contribution in [0.2, 0.25) is 0 Å². The average Bonchev–Trinajstić information content (AvgIpc) is 2.17. The van der Waals surface area contributed by atoms with Crippen LogP contribution in [0.15, 0.2) is 29.1 Å². The minimum atomic E-state index is -0.0754. The van der Waals surface area contributed by atoms with E-state index in [0.29, 0.717) is 17.9 Å². The Bertz CT molecular complexity index is 530. The van der Waals surface area contributed by atoms with Gasteiger partial charge in [-0.15, -0.1) is 0 Å².